The van der Waals surface area contributed by atoms with Crippen molar-refractivity contribution in [1.82, 2.24) is 14.3 Å². The lowest BCUT2D eigenvalue weighted by atomic mass is 10.3. The molecule has 1 aliphatic rings. The van der Waals surface area contributed by atoms with Crippen molar-refractivity contribution in [1.29, 1.82) is 0 Å². The summed E-state index contributed by atoms with van der Waals surface area (Å²) in [5.41, 5.74) is 2.10. The number of aromatic amines is 1. The predicted molar refractivity (Wildman–Crippen MR) is 63.8 cm³/mol. The number of nitrogens with one attached hydrogen (secondary N) is 1. The molecular weight excluding hydrogens is 222 g/mol. The van der Waals surface area contributed by atoms with E-state index in [2.05, 4.69) is 32.5 Å². The smallest absolute Gasteiger partial charge is 0.0986 e. The molecule has 1 fully saturated rings. The first-order chi connectivity index (χ1) is 7.92. The van der Waals surface area contributed by atoms with E-state index in [1.54, 1.807) is 18.3 Å². The maximum absolute atomic E-state index is 5.20. The predicted octanol–water partition coefficient (Wildman–Crippen LogP) is 2.06. The average Bonchev–Trinajstić information content (AvgIpc) is 2.77. The number of ether oxygens (including phenoxy) is 1. The molecule has 1 N–H and O–H groups in total. The molecule has 0 bridgehead atoms. The molecule has 1 saturated heterocycles. The third kappa shape index (κ3) is 2.07. The molecule has 2 aromatic rings. The van der Waals surface area contributed by atoms with Gasteiger partial charge in [0.15, 0.2) is 0 Å². The van der Waals surface area contributed by atoms with E-state index in [0.29, 0.717) is 0 Å². The van der Waals surface area contributed by atoms with E-state index in [1.165, 1.54) is 4.90 Å². The maximum atomic E-state index is 5.20. The van der Waals surface area contributed by atoms with Gasteiger partial charge in [0.05, 0.1) is 30.6 Å². The van der Waals surface area contributed by atoms with Crippen LogP contribution < -0.4 is 0 Å². The summed E-state index contributed by atoms with van der Waals surface area (Å²) in [6.07, 6.45) is 1.72. The average molecular weight is 234 g/mol. The maximum Gasteiger partial charge on any atom is 0.0986 e. The van der Waals surface area contributed by atoms with Crippen LogP contribution in [0.1, 0.15) is 0 Å². The Morgan fingerprint density at radius 2 is 2.44 bits per heavy atom. The molecule has 2 heterocycles. The molecule has 16 heavy (non-hydrogen) atoms. The monoisotopic (exact) mass is 234 g/mol. The largest absolute Gasteiger partial charge is 0.373 e. The summed E-state index contributed by atoms with van der Waals surface area (Å²) in [5.74, 6) is 0. The summed E-state index contributed by atoms with van der Waals surface area (Å²) in [4.78, 5) is 8.56. The van der Waals surface area contributed by atoms with E-state index < -0.39 is 0 Å². The second-order valence-electron chi connectivity index (χ2n) is 3.60. The summed E-state index contributed by atoms with van der Waals surface area (Å²) in [6, 6.07) is 6.28. The van der Waals surface area contributed by atoms with Gasteiger partial charge in [-0.25, -0.2) is 9.29 Å². The first-order valence-electron chi connectivity index (χ1n) is 5.21. The third-order valence-corrected chi connectivity index (χ3v) is 3.54. The zero-order chi connectivity index (χ0) is 10.8. The van der Waals surface area contributed by atoms with Gasteiger partial charge in [0.1, 0.15) is 0 Å². The van der Waals surface area contributed by atoms with Crippen LogP contribution in [0.5, 0.6) is 0 Å². The van der Waals surface area contributed by atoms with Crippen LogP contribution in [0, 0.1) is 6.61 Å². The van der Waals surface area contributed by atoms with E-state index in [0.717, 1.165) is 30.7 Å². The minimum atomic E-state index is 0.775. The van der Waals surface area contributed by atoms with Gasteiger partial charge < -0.3 is 9.72 Å². The molecule has 0 amide bonds. The molecule has 1 aromatic carbocycles. The second-order valence-corrected chi connectivity index (χ2v) is 4.77. The van der Waals surface area contributed by atoms with Crippen LogP contribution in [0.2, 0.25) is 0 Å². The van der Waals surface area contributed by atoms with Gasteiger partial charge in [-0.3, -0.25) is 0 Å². The molecule has 4 nitrogen and oxygen atoms in total. The fourth-order valence-electron chi connectivity index (χ4n) is 1.67. The van der Waals surface area contributed by atoms with Crippen LogP contribution in [-0.2, 0) is 4.74 Å². The number of benzene rings is 1. The number of hydrogen-bond donors (Lipinski definition) is 1. The van der Waals surface area contributed by atoms with E-state index in [9.17, 15) is 0 Å². The second kappa shape index (κ2) is 4.45. The molecule has 0 aliphatic carbocycles. The Balaban J connectivity index is 1.77. The minimum absolute atomic E-state index is 0.775. The lowest BCUT2D eigenvalue weighted by Crippen LogP contribution is -2.28. The zero-order valence-corrected chi connectivity index (χ0v) is 9.54. The van der Waals surface area contributed by atoms with E-state index in [4.69, 9.17) is 4.74 Å². The van der Waals surface area contributed by atoms with Crippen molar-refractivity contribution in [2.75, 3.05) is 19.7 Å². The Morgan fingerprint density at radius 3 is 3.31 bits per heavy atom. The summed E-state index contributed by atoms with van der Waals surface area (Å²) in [5, 5.41) is 0. The van der Waals surface area contributed by atoms with Crippen LogP contribution in [0.4, 0.5) is 0 Å². The van der Waals surface area contributed by atoms with Gasteiger partial charge in [-0.15, -0.1) is 0 Å². The van der Waals surface area contributed by atoms with Gasteiger partial charge in [-0.1, -0.05) is 0 Å². The van der Waals surface area contributed by atoms with Crippen molar-refractivity contribution in [3.05, 3.63) is 31.1 Å². The summed E-state index contributed by atoms with van der Waals surface area (Å²) in [7, 11) is 0. The van der Waals surface area contributed by atoms with Gasteiger partial charge >= 0.3 is 0 Å². The highest BCUT2D eigenvalue weighted by atomic mass is 32.2. The number of hydrogen-bond acceptors (Lipinski definition) is 4. The molecule has 1 aliphatic heterocycles. The van der Waals surface area contributed by atoms with Crippen LogP contribution in [-0.4, -0.2) is 34.0 Å². The molecule has 0 unspecified atom stereocenters. The number of morpholine rings is 1. The normalized spacial score (nSPS) is 18.0. The van der Waals surface area contributed by atoms with E-state index in [1.807, 2.05) is 6.61 Å². The van der Waals surface area contributed by atoms with Gasteiger partial charge in [0.25, 0.3) is 0 Å². The fraction of sp³-hybridized carbons (Fsp3) is 0.273. The number of aromatic nitrogens is 2. The topological polar surface area (TPSA) is 41.2 Å². The number of imidazole rings is 1. The molecule has 0 atom stereocenters. The van der Waals surface area contributed by atoms with Crippen LogP contribution >= 0.6 is 11.9 Å². The highest BCUT2D eigenvalue weighted by Gasteiger charge is 2.12. The molecule has 0 spiro atoms. The van der Waals surface area contributed by atoms with Crippen LogP contribution in [0.15, 0.2) is 29.4 Å². The summed E-state index contributed by atoms with van der Waals surface area (Å²) < 4.78 is 7.47. The molecule has 3 rings (SSSR count). The van der Waals surface area contributed by atoms with Crippen molar-refractivity contribution >= 4 is 23.0 Å². The van der Waals surface area contributed by atoms with Gasteiger partial charge in [-0.2, -0.15) is 0 Å². The molecule has 1 radical (unpaired) electrons. The Kier molecular flexibility index (Phi) is 2.82. The van der Waals surface area contributed by atoms with Crippen molar-refractivity contribution in [3.8, 4) is 0 Å². The number of fused-ring (bicyclic) bond motifs is 1. The molecule has 83 valence electrons. The minimum Gasteiger partial charge on any atom is -0.373 e. The first-order valence-corrected chi connectivity index (χ1v) is 5.98. The number of rotatable bonds is 2. The molecule has 0 saturated carbocycles. The quantitative estimate of drug-likeness (QED) is 0.808. The van der Waals surface area contributed by atoms with Crippen molar-refractivity contribution < 1.29 is 4.74 Å². The summed E-state index contributed by atoms with van der Waals surface area (Å²) in [6.45, 7) is 4.45. The van der Waals surface area contributed by atoms with E-state index >= 15 is 0 Å². The molecule has 5 heteroatoms. The Hall–Kier alpha value is -1.04. The third-order valence-electron chi connectivity index (χ3n) is 2.48. The molecule has 1 aromatic heterocycles. The number of nitrogens with zero attached hydrogens (tertiary/aromatic N) is 2. The standard InChI is InChI=1S/C11H12N3OS/c1-2-10-11(13-8-12-10)7-9(1)16-14-3-5-15-6-4-14/h1-2,5,7-8H,3-4,6H2,(H,12,13). The highest BCUT2D eigenvalue weighted by molar-refractivity contribution is 7.97. The Labute approximate surface area is 98.1 Å². The van der Waals surface area contributed by atoms with Gasteiger partial charge in [-0.05, 0) is 30.1 Å². The highest BCUT2D eigenvalue weighted by Crippen LogP contribution is 2.26. The van der Waals surface area contributed by atoms with Crippen molar-refractivity contribution in [3.63, 3.8) is 0 Å². The van der Waals surface area contributed by atoms with Gasteiger partial charge in [0.2, 0.25) is 0 Å². The lowest BCUT2D eigenvalue weighted by molar-refractivity contribution is 0.132. The fourth-order valence-corrected chi connectivity index (χ4v) is 2.56. The zero-order valence-electron chi connectivity index (χ0n) is 8.72. The lowest BCUT2D eigenvalue weighted by Gasteiger charge is -2.24. The Bertz CT molecular complexity index is 479. The van der Waals surface area contributed by atoms with Crippen LogP contribution in [0.3, 0.4) is 0 Å². The van der Waals surface area contributed by atoms with Gasteiger partial charge in [0, 0.05) is 18.0 Å². The SMILES string of the molecule is [CH]1CN(Sc2ccc3[nH]cnc3c2)CCO1. The first kappa shape index (κ1) is 10.1. The van der Waals surface area contributed by atoms with Crippen molar-refractivity contribution in [2.24, 2.45) is 0 Å². The Morgan fingerprint density at radius 1 is 1.44 bits per heavy atom. The summed E-state index contributed by atoms with van der Waals surface area (Å²) >= 11 is 1.75. The van der Waals surface area contributed by atoms with Crippen molar-refractivity contribution in [2.45, 2.75) is 4.90 Å². The van der Waals surface area contributed by atoms with Crippen LogP contribution in [0.25, 0.3) is 11.0 Å². The molecular formula is C11H12N3OS. The van der Waals surface area contributed by atoms with E-state index in [-0.39, 0.29) is 0 Å². The number of H-pyrrole nitrogens is 1.